The molecule has 2 aromatic carbocycles. The molecule has 1 heterocycles. The molecule has 0 saturated carbocycles. The van der Waals surface area contributed by atoms with Gasteiger partial charge in [-0.1, -0.05) is 17.7 Å². The van der Waals surface area contributed by atoms with Crippen LogP contribution in [0.15, 0.2) is 53.9 Å². The molecular formula is C20H19N3O4S. The van der Waals surface area contributed by atoms with E-state index < -0.39 is 4.92 Å². The molecule has 0 unspecified atom stereocenters. The lowest BCUT2D eigenvalue weighted by Gasteiger charge is -2.19. The van der Waals surface area contributed by atoms with Crippen molar-refractivity contribution in [2.45, 2.75) is 6.92 Å². The van der Waals surface area contributed by atoms with Crippen LogP contribution in [0.4, 0.5) is 10.8 Å². The van der Waals surface area contributed by atoms with Gasteiger partial charge in [-0.25, -0.2) is 4.98 Å². The largest absolute Gasteiger partial charge is 0.383 e. The van der Waals surface area contributed by atoms with Crippen molar-refractivity contribution in [1.82, 2.24) is 4.98 Å². The Balaban J connectivity index is 1.88. The number of amides is 1. The molecule has 0 atom stereocenters. The molecular weight excluding hydrogens is 378 g/mol. The number of nitro groups is 1. The molecule has 0 radical (unpaired) electrons. The first kappa shape index (κ1) is 19.7. The molecule has 144 valence electrons. The fourth-order valence-corrected chi connectivity index (χ4v) is 3.45. The summed E-state index contributed by atoms with van der Waals surface area (Å²) in [4.78, 5) is 29.5. The summed E-state index contributed by atoms with van der Waals surface area (Å²) >= 11 is 1.34. The summed E-state index contributed by atoms with van der Waals surface area (Å²) in [6.45, 7) is 2.72. The number of aryl methyl sites for hydroxylation is 1. The predicted molar refractivity (Wildman–Crippen MR) is 109 cm³/mol. The fraction of sp³-hybridized carbons (Fsp3) is 0.200. The number of nitrogens with zero attached hydrogens (tertiary/aromatic N) is 3. The van der Waals surface area contributed by atoms with Crippen LogP contribution in [0.5, 0.6) is 0 Å². The summed E-state index contributed by atoms with van der Waals surface area (Å²) < 4.78 is 5.15. The molecule has 0 aliphatic heterocycles. The number of hydrogen-bond acceptors (Lipinski definition) is 6. The van der Waals surface area contributed by atoms with Crippen LogP contribution in [-0.2, 0) is 4.74 Å². The molecule has 3 aromatic rings. The summed E-state index contributed by atoms with van der Waals surface area (Å²) in [5.41, 5.74) is 3.09. The maximum Gasteiger partial charge on any atom is 0.269 e. The van der Waals surface area contributed by atoms with Gasteiger partial charge in [0.1, 0.15) is 0 Å². The quantitative estimate of drug-likeness (QED) is 0.438. The van der Waals surface area contributed by atoms with Crippen molar-refractivity contribution in [3.63, 3.8) is 0 Å². The topological polar surface area (TPSA) is 85.6 Å². The Morgan fingerprint density at radius 3 is 2.46 bits per heavy atom. The lowest BCUT2D eigenvalue weighted by Crippen LogP contribution is -2.33. The van der Waals surface area contributed by atoms with E-state index in [2.05, 4.69) is 4.98 Å². The molecule has 0 fully saturated rings. The van der Waals surface area contributed by atoms with Gasteiger partial charge in [0.15, 0.2) is 5.13 Å². The van der Waals surface area contributed by atoms with E-state index in [1.807, 2.05) is 24.4 Å². The van der Waals surface area contributed by atoms with E-state index in [4.69, 9.17) is 4.74 Å². The lowest BCUT2D eigenvalue weighted by molar-refractivity contribution is -0.384. The zero-order valence-corrected chi connectivity index (χ0v) is 16.3. The first-order valence-corrected chi connectivity index (χ1v) is 9.45. The molecule has 0 spiro atoms. The molecule has 1 aromatic heterocycles. The van der Waals surface area contributed by atoms with Crippen LogP contribution in [0.3, 0.4) is 0 Å². The Hall–Kier alpha value is -3.10. The fourth-order valence-electron chi connectivity index (χ4n) is 2.59. The zero-order chi connectivity index (χ0) is 20.1. The third-order valence-corrected chi connectivity index (χ3v) is 5.02. The first-order chi connectivity index (χ1) is 13.5. The van der Waals surface area contributed by atoms with Crippen LogP contribution in [0.1, 0.15) is 15.9 Å². The molecule has 1 amide bonds. The molecule has 28 heavy (non-hydrogen) atoms. The van der Waals surface area contributed by atoms with E-state index in [0.29, 0.717) is 29.5 Å². The number of thiazole rings is 1. The summed E-state index contributed by atoms with van der Waals surface area (Å²) in [6.07, 6.45) is 0. The minimum atomic E-state index is -0.441. The first-order valence-electron chi connectivity index (χ1n) is 8.57. The molecule has 0 aliphatic carbocycles. The highest BCUT2D eigenvalue weighted by Crippen LogP contribution is 2.29. The molecule has 3 rings (SSSR count). The van der Waals surface area contributed by atoms with E-state index in [0.717, 1.165) is 11.1 Å². The van der Waals surface area contributed by atoms with Crippen LogP contribution < -0.4 is 4.90 Å². The minimum Gasteiger partial charge on any atom is -0.383 e. The number of aromatic nitrogens is 1. The van der Waals surface area contributed by atoms with Crippen molar-refractivity contribution < 1.29 is 14.5 Å². The Morgan fingerprint density at radius 1 is 1.18 bits per heavy atom. The van der Waals surface area contributed by atoms with Crippen LogP contribution in [0.25, 0.3) is 11.3 Å². The molecule has 8 heteroatoms. The monoisotopic (exact) mass is 397 g/mol. The number of benzene rings is 2. The van der Waals surface area contributed by atoms with E-state index in [1.54, 1.807) is 36.3 Å². The van der Waals surface area contributed by atoms with Crippen molar-refractivity contribution in [2.75, 3.05) is 25.2 Å². The van der Waals surface area contributed by atoms with E-state index in [1.165, 1.54) is 23.5 Å². The van der Waals surface area contributed by atoms with Crippen LogP contribution in [0, 0.1) is 17.0 Å². The molecule has 7 nitrogen and oxygen atoms in total. The van der Waals surface area contributed by atoms with Crippen molar-refractivity contribution in [2.24, 2.45) is 0 Å². The van der Waals surface area contributed by atoms with Gasteiger partial charge >= 0.3 is 0 Å². The second-order valence-corrected chi connectivity index (χ2v) is 6.97. The van der Waals surface area contributed by atoms with Gasteiger partial charge in [-0.15, -0.1) is 11.3 Å². The highest BCUT2D eigenvalue weighted by atomic mass is 32.1. The maximum absolute atomic E-state index is 13.0. The van der Waals surface area contributed by atoms with Gasteiger partial charge in [0.05, 0.1) is 23.8 Å². The van der Waals surface area contributed by atoms with E-state index in [9.17, 15) is 14.9 Å². The van der Waals surface area contributed by atoms with Gasteiger partial charge in [0.2, 0.25) is 0 Å². The Labute approximate surface area is 166 Å². The highest BCUT2D eigenvalue weighted by molar-refractivity contribution is 7.14. The number of hydrogen-bond donors (Lipinski definition) is 0. The van der Waals surface area contributed by atoms with E-state index >= 15 is 0 Å². The summed E-state index contributed by atoms with van der Waals surface area (Å²) in [6, 6.07) is 13.6. The zero-order valence-electron chi connectivity index (χ0n) is 15.5. The normalized spacial score (nSPS) is 10.6. The molecule has 0 aliphatic rings. The number of nitro benzene ring substituents is 1. The van der Waals surface area contributed by atoms with Crippen molar-refractivity contribution in [3.05, 3.63) is 75.2 Å². The van der Waals surface area contributed by atoms with Crippen molar-refractivity contribution in [1.29, 1.82) is 0 Å². The number of carbonyl (C=O) groups excluding carboxylic acids is 1. The van der Waals surface area contributed by atoms with Gasteiger partial charge < -0.3 is 4.74 Å². The van der Waals surface area contributed by atoms with Crippen LogP contribution in [0.2, 0.25) is 0 Å². The minimum absolute atomic E-state index is 0.0236. The Bertz CT molecular complexity index is 968. The van der Waals surface area contributed by atoms with Crippen molar-refractivity contribution >= 4 is 28.1 Å². The summed E-state index contributed by atoms with van der Waals surface area (Å²) in [7, 11) is 1.58. The smallest absolute Gasteiger partial charge is 0.269 e. The SMILES string of the molecule is COCCN(C(=O)c1ccc(C)cc1)c1nc(-c2ccc([N+](=O)[O-])cc2)cs1. The van der Waals surface area contributed by atoms with Crippen LogP contribution >= 0.6 is 11.3 Å². The lowest BCUT2D eigenvalue weighted by atomic mass is 10.1. The summed E-state index contributed by atoms with van der Waals surface area (Å²) in [5.74, 6) is -0.151. The number of anilines is 1. The second kappa shape index (κ2) is 8.73. The predicted octanol–water partition coefficient (Wildman–Crippen LogP) is 4.32. The van der Waals surface area contributed by atoms with Gasteiger partial charge in [-0.2, -0.15) is 0 Å². The molecule has 0 saturated heterocycles. The number of methoxy groups -OCH3 is 1. The van der Waals surface area contributed by atoms with E-state index in [-0.39, 0.29) is 11.6 Å². The number of ether oxygens (including phenoxy) is 1. The Morgan fingerprint density at radius 2 is 1.86 bits per heavy atom. The number of carbonyl (C=O) groups is 1. The third-order valence-electron chi connectivity index (χ3n) is 4.16. The average Bonchev–Trinajstić information content (AvgIpc) is 3.18. The van der Waals surface area contributed by atoms with Gasteiger partial charge in [-0.05, 0) is 31.2 Å². The van der Waals surface area contributed by atoms with Crippen molar-refractivity contribution in [3.8, 4) is 11.3 Å². The standard InChI is InChI=1S/C20H19N3O4S/c1-14-3-5-16(6-4-14)19(24)22(11-12-27-2)20-21-18(13-28-20)15-7-9-17(10-8-15)23(25)26/h3-10,13H,11-12H2,1-2H3. The number of rotatable bonds is 7. The Kier molecular flexibility index (Phi) is 6.13. The van der Waals surface area contributed by atoms with Crippen LogP contribution in [-0.4, -0.2) is 36.1 Å². The molecule has 0 bridgehead atoms. The highest BCUT2D eigenvalue weighted by Gasteiger charge is 2.21. The second-order valence-electron chi connectivity index (χ2n) is 6.13. The third kappa shape index (κ3) is 4.41. The maximum atomic E-state index is 13.0. The number of non-ortho nitro benzene ring substituents is 1. The van der Waals surface area contributed by atoms with Gasteiger partial charge in [-0.3, -0.25) is 19.8 Å². The average molecular weight is 397 g/mol. The van der Waals surface area contributed by atoms with Gasteiger partial charge in [0, 0.05) is 35.7 Å². The summed E-state index contributed by atoms with van der Waals surface area (Å²) in [5, 5.41) is 13.2. The van der Waals surface area contributed by atoms with Gasteiger partial charge in [0.25, 0.3) is 11.6 Å². The molecule has 0 N–H and O–H groups in total.